The monoisotopic (exact) mass is 601 g/mol. The Balaban J connectivity index is 1.76. The van der Waals surface area contributed by atoms with Gasteiger partial charge in [0.2, 0.25) is 5.91 Å². The Bertz CT molecular complexity index is 1880. The van der Waals surface area contributed by atoms with Crippen LogP contribution in [0, 0.1) is 0 Å². The minimum absolute atomic E-state index is 0.431. The minimum Gasteiger partial charge on any atom is -0.481 e. The molecular formula is C37H35N3O5. The van der Waals surface area contributed by atoms with Crippen molar-refractivity contribution in [2.24, 2.45) is 5.73 Å². The lowest BCUT2D eigenvalue weighted by atomic mass is 9.68. The number of amides is 2. The van der Waals surface area contributed by atoms with Gasteiger partial charge in [-0.2, -0.15) is 0 Å². The summed E-state index contributed by atoms with van der Waals surface area (Å²) in [5.74, 6) is -2.91. The fourth-order valence-corrected chi connectivity index (χ4v) is 6.74. The average Bonchev–Trinajstić information content (AvgIpc) is 3.41. The van der Waals surface area contributed by atoms with Crippen LogP contribution in [0.3, 0.4) is 0 Å². The van der Waals surface area contributed by atoms with Crippen LogP contribution in [0.15, 0.2) is 109 Å². The quantitative estimate of drug-likeness (QED) is 0.198. The number of hydrogen-bond acceptors (Lipinski definition) is 4. The zero-order valence-corrected chi connectivity index (χ0v) is 25.4. The molecule has 8 nitrogen and oxygen atoms in total. The number of nitrogens with zero attached hydrogens (tertiary/aromatic N) is 1. The van der Waals surface area contributed by atoms with Gasteiger partial charge in [-0.3, -0.25) is 14.5 Å². The second-order valence-corrected chi connectivity index (χ2v) is 12.4. The number of ether oxygens (including phenoxy) is 1. The summed E-state index contributed by atoms with van der Waals surface area (Å²) in [5.41, 5.74) is 9.09. The van der Waals surface area contributed by atoms with E-state index in [9.17, 15) is 19.5 Å². The maximum Gasteiger partial charge on any atom is 0.412 e. The fraction of sp³-hybridized carbons (Fsp3) is 0.216. The van der Waals surface area contributed by atoms with E-state index in [0.717, 1.165) is 22.0 Å². The van der Waals surface area contributed by atoms with Crippen LogP contribution in [0.4, 0.5) is 4.79 Å². The Labute approximate surface area is 261 Å². The molecule has 1 aromatic heterocycles. The highest BCUT2D eigenvalue weighted by Crippen LogP contribution is 2.54. The van der Waals surface area contributed by atoms with Crippen LogP contribution >= 0.6 is 0 Å². The number of benzene rings is 4. The number of carbonyl (C=O) groups is 3. The lowest BCUT2D eigenvalue weighted by molar-refractivity contribution is -0.139. The zero-order valence-electron chi connectivity index (χ0n) is 25.4. The highest BCUT2D eigenvalue weighted by Gasteiger charge is 2.59. The van der Waals surface area contributed by atoms with Crippen molar-refractivity contribution in [1.29, 1.82) is 0 Å². The molecule has 0 bridgehead atoms. The van der Waals surface area contributed by atoms with Gasteiger partial charge in [0.15, 0.2) is 0 Å². The zero-order chi connectivity index (χ0) is 31.9. The molecule has 0 radical (unpaired) electrons. The molecule has 1 aliphatic heterocycles. The summed E-state index contributed by atoms with van der Waals surface area (Å²) in [5, 5.41) is 10.9. The van der Waals surface area contributed by atoms with Crippen molar-refractivity contribution in [3.63, 3.8) is 0 Å². The first-order chi connectivity index (χ1) is 21.5. The van der Waals surface area contributed by atoms with Crippen molar-refractivity contribution in [2.75, 3.05) is 0 Å². The summed E-state index contributed by atoms with van der Waals surface area (Å²) in [7, 11) is 0. The number of carboxylic acid groups (broad SMARTS) is 1. The van der Waals surface area contributed by atoms with Crippen LogP contribution < -0.4 is 5.73 Å². The van der Waals surface area contributed by atoms with E-state index in [1.54, 1.807) is 20.8 Å². The molecule has 5 aromatic rings. The Kier molecular flexibility index (Phi) is 7.44. The molecule has 228 valence electrons. The Morgan fingerprint density at radius 2 is 1.38 bits per heavy atom. The summed E-state index contributed by atoms with van der Waals surface area (Å²) >= 11 is 0. The maximum absolute atomic E-state index is 14.6. The van der Waals surface area contributed by atoms with E-state index in [1.165, 1.54) is 4.90 Å². The van der Waals surface area contributed by atoms with Crippen molar-refractivity contribution in [3.05, 3.63) is 132 Å². The molecule has 1 aliphatic rings. The van der Waals surface area contributed by atoms with E-state index in [-0.39, 0.29) is 0 Å². The van der Waals surface area contributed by atoms with Gasteiger partial charge in [-0.25, -0.2) is 4.79 Å². The van der Waals surface area contributed by atoms with Gasteiger partial charge in [0.1, 0.15) is 17.2 Å². The molecule has 0 fully saturated rings. The minimum atomic E-state index is -1.46. The third kappa shape index (κ3) is 5.12. The fourth-order valence-electron chi connectivity index (χ4n) is 6.74. The molecule has 3 atom stereocenters. The van der Waals surface area contributed by atoms with Gasteiger partial charge in [-0.1, -0.05) is 103 Å². The number of aliphatic carboxylic acids is 1. The topological polar surface area (TPSA) is 126 Å². The van der Waals surface area contributed by atoms with Crippen molar-refractivity contribution >= 4 is 28.9 Å². The Hall–Kier alpha value is -5.37. The predicted octanol–water partition coefficient (Wildman–Crippen LogP) is 6.79. The highest BCUT2D eigenvalue weighted by atomic mass is 16.6. The molecule has 45 heavy (non-hydrogen) atoms. The number of carboxylic acids is 1. The number of rotatable bonds is 6. The van der Waals surface area contributed by atoms with Gasteiger partial charge in [-0.15, -0.1) is 0 Å². The summed E-state index contributed by atoms with van der Waals surface area (Å²) in [6.07, 6.45) is -1.22. The lowest BCUT2D eigenvalue weighted by Gasteiger charge is -2.52. The summed E-state index contributed by atoms with van der Waals surface area (Å²) in [4.78, 5) is 45.5. The molecule has 1 unspecified atom stereocenters. The van der Waals surface area contributed by atoms with E-state index in [1.807, 2.05) is 109 Å². The smallest absolute Gasteiger partial charge is 0.412 e. The predicted molar refractivity (Wildman–Crippen MR) is 173 cm³/mol. The largest absolute Gasteiger partial charge is 0.481 e. The first kappa shape index (κ1) is 29.7. The van der Waals surface area contributed by atoms with Crippen molar-refractivity contribution in [3.8, 4) is 11.1 Å². The number of primary amides is 1. The molecule has 8 heteroatoms. The van der Waals surface area contributed by atoms with Crippen LogP contribution in [0.5, 0.6) is 0 Å². The maximum atomic E-state index is 14.6. The average molecular weight is 602 g/mol. The first-order valence-electron chi connectivity index (χ1n) is 14.9. The number of carbonyl (C=O) groups excluding carboxylic acids is 2. The highest BCUT2D eigenvalue weighted by molar-refractivity contribution is 5.94. The van der Waals surface area contributed by atoms with Gasteiger partial charge in [0.25, 0.3) is 0 Å². The summed E-state index contributed by atoms with van der Waals surface area (Å²) < 4.78 is 6.01. The number of fused-ring (bicyclic) bond motifs is 3. The van der Waals surface area contributed by atoms with E-state index >= 15 is 0 Å². The van der Waals surface area contributed by atoms with Crippen molar-refractivity contribution in [2.45, 2.75) is 50.3 Å². The van der Waals surface area contributed by atoms with Gasteiger partial charge in [-0.05, 0) is 54.7 Å². The third-order valence-electron chi connectivity index (χ3n) is 8.38. The third-order valence-corrected chi connectivity index (χ3v) is 8.38. The molecule has 2 heterocycles. The Morgan fingerprint density at radius 1 is 0.822 bits per heavy atom. The Morgan fingerprint density at radius 3 is 1.98 bits per heavy atom. The second-order valence-electron chi connectivity index (χ2n) is 12.4. The molecule has 4 N–H and O–H groups in total. The molecule has 0 spiro atoms. The molecule has 6 rings (SSSR count). The van der Waals surface area contributed by atoms with Gasteiger partial charge < -0.3 is 20.6 Å². The summed E-state index contributed by atoms with van der Waals surface area (Å²) in [6, 6.07) is 33.4. The van der Waals surface area contributed by atoms with E-state index in [4.69, 9.17) is 10.5 Å². The number of H-pyrrole nitrogens is 1. The molecule has 0 saturated heterocycles. The van der Waals surface area contributed by atoms with E-state index < -0.39 is 47.5 Å². The van der Waals surface area contributed by atoms with Gasteiger partial charge in [0.05, 0.1) is 12.1 Å². The van der Waals surface area contributed by atoms with Crippen LogP contribution in [-0.4, -0.2) is 44.6 Å². The standard InChI is InChI=1S/C37H35N3O5/c1-36(2,3)45-35(44)40-32(34(38)43)28(22-30(41)42)31-27-16-10-11-17-29(27)39-33(31)37(40,25-14-8-5-9-15-25)26-20-18-24(19-21-26)23-12-6-4-7-13-23/h4-21,28,32,39H,22H2,1-3H3,(H2,38,43)(H,41,42)/t28?,32-,37+/m1/s1. The number of para-hydroxylation sites is 1. The van der Waals surface area contributed by atoms with Crippen molar-refractivity contribution in [1.82, 2.24) is 9.88 Å². The van der Waals surface area contributed by atoms with Crippen molar-refractivity contribution < 1.29 is 24.2 Å². The van der Waals surface area contributed by atoms with Crippen LogP contribution in [0.1, 0.15) is 55.5 Å². The van der Waals surface area contributed by atoms with Gasteiger partial charge >= 0.3 is 12.1 Å². The van der Waals surface area contributed by atoms with Gasteiger partial charge in [0, 0.05) is 16.8 Å². The van der Waals surface area contributed by atoms with Crippen LogP contribution in [0.2, 0.25) is 0 Å². The lowest BCUT2D eigenvalue weighted by Crippen LogP contribution is -2.65. The number of aromatic amines is 1. The molecule has 0 saturated carbocycles. The number of nitrogens with one attached hydrogen (secondary N) is 1. The SMILES string of the molecule is CC(C)(C)OC(=O)N1[C@@H](C(N)=O)C(CC(=O)O)c2c([nH]c3ccccc23)[C@]1(c1ccccc1)c1ccc(-c2ccccc2)cc1. The second kappa shape index (κ2) is 11.3. The molecule has 4 aromatic carbocycles. The molecule has 2 amide bonds. The normalized spacial score (nSPS) is 19.6. The van der Waals surface area contributed by atoms with E-state index in [2.05, 4.69) is 4.98 Å². The number of nitrogens with two attached hydrogens (primary N) is 1. The van der Waals surface area contributed by atoms with Crippen LogP contribution in [0.25, 0.3) is 22.0 Å². The first-order valence-corrected chi connectivity index (χ1v) is 14.9. The molecule has 0 aliphatic carbocycles. The number of aromatic nitrogens is 1. The van der Waals surface area contributed by atoms with Crippen LogP contribution in [-0.2, 0) is 19.9 Å². The van der Waals surface area contributed by atoms with E-state index in [0.29, 0.717) is 22.4 Å². The molecular weight excluding hydrogens is 566 g/mol. The number of hydrogen-bond donors (Lipinski definition) is 3. The summed E-state index contributed by atoms with van der Waals surface area (Å²) in [6.45, 7) is 5.24.